The van der Waals surface area contributed by atoms with Gasteiger partial charge < -0.3 is 4.74 Å². The van der Waals surface area contributed by atoms with E-state index in [-0.39, 0.29) is 5.78 Å². The number of halogens is 1. The van der Waals surface area contributed by atoms with Gasteiger partial charge in [-0.05, 0) is 17.7 Å². The topological polar surface area (TPSA) is 26.3 Å². The van der Waals surface area contributed by atoms with E-state index in [1.54, 1.807) is 13.2 Å². The van der Waals surface area contributed by atoms with Crippen LogP contribution in [0.2, 0.25) is 5.02 Å². The van der Waals surface area contributed by atoms with E-state index in [1.165, 1.54) is 0 Å². The Hall–Kier alpha value is -1.80. The number of Topliss-reactive ketones (excluding diaryl/α,β-unsaturated/α-hetero) is 1. The first-order valence-corrected chi connectivity index (χ1v) is 6.51. The number of benzene rings is 2. The van der Waals surface area contributed by atoms with E-state index >= 15 is 0 Å². The summed E-state index contributed by atoms with van der Waals surface area (Å²) in [6.07, 6.45) is 0.455. The molecule has 3 heteroatoms. The van der Waals surface area contributed by atoms with Crippen LogP contribution < -0.4 is 4.74 Å². The van der Waals surface area contributed by atoms with Gasteiger partial charge in [-0.1, -0.05) is 48.9 Å². The average molecular weight is 275 g/mol. The molecule has 0 heterocycles. The van der Waals surface area contributed by atoms with Crippen molar-refractivity contribution < 1.29 is 9.53 Å². The van der Waals surface area contributed by atoms with Crippen molar-refractivity contribution in [3.63, 3.8) is 0 Å². The van der Waals surface area contributed by atoms with Gasteiger partial charge in [0.15, 0.2) is 5.78 Å². The van der Waals surface area contributed by atoms with Gasteiger partial charge in [0.2, 0.25) is 0 Å². The summed E-state index contributed by atoms with van der Waals surface area (Å²) in [5.74, 6) is 0.669. The van der Waals surface area contributed by atoms with Crippen LogP contribution >= 0.6 is 11.6 Å². The highest BCUT2D eigenvalue weighted by Gasteiger charge is 2.14. The lowest BCUT2D eigenvalue weighted by Gasteiger charge is -2.12. The third-order valence-electron chi connectivity index (χ3n) is 2.98. The molecule has 0 aliphatic carbocycles. The summed E-state index contributed by atoms with van der Waals surface area (Å²) >= 11 is 6.21. The van der Waals surface area contributed by atoms with Crippen molar-refractivity contribution in [2.45, 2.75) is 13.3 Å². The first kappa shape index (κ1) is 13.6. The van der Waals surface area contributed by atoms with Crippen LogP contribution in [0.1, 0.15) is 23.7 Å². The zero-order valence-corrected chi connectivity index (χ0v) is 11.7. The second-order valence-electron chi connectivity index (χ2n) is 4.18. The van der Waals surface area contributed by atoms with Crippen LogP contribution in [-0.4, -0.2) is 12.9 Å². The van der Waals surface area contributed by atoms with Gasteiger partial charge in [0.05, 0.1) is 12.1 Å². The van der Waals surface area contributed by atoms with Crippen LogP contribution in [0.5, 0.6) is 5.75 Å². The molecule has 0 aliphatic rings. The molecule has 0 atom stereocenters. The van der Waals surface area contributed by atoms with Gasteiger partial charge in [-0.2, -0.15) is 0 Å². The van der Waals surface area contributed by atoms with E-state index < -0.39 is 0 Å². The van der Waals surface area contributed by atoms with Crippen LogP contribution in [0.4, 0.5) is 0 Å². The Kier molecular flexibility index (Phi) is 4.23. The molecule has 0 bridgehead atoms. The molecule has 19 heavy (non-hydrogen) atoms. The number of carbonyl (C=O) groups excluding carboxylic acids is 1. The van der Waals surface area contributed by atoms with Crippen LogP contribution in [0, 0.1) is 0 Å². The largest absolute Gasteiger partial charge is 0.495 e. The Morgan fingerprint density at radius 1 is 1.21 bits per heavy atom. The minimum Gasteiger partial charge on any atom is -0.495 e. The van der Waals surface area contributed by atoms with Gasteiger partial charge in [-0.25, -0.2) is 0 Å². The number of ether oxygens (including phenoxy) is 1. The molecule has 2 aromatic rings. The van der Waals surface area contributed by atoms with Crippen LogP contribution in [0.15, 0.2) is 42.5 Å². The molecule has 0 fully saturated rings. The van der Waals surface area contributed by atoms with E-state index in [9.17, 15) is 4.79 Å². The lowest BCUT2D eigenvalue weighted by molar-refractivity contribution is 0.0988. The lowest BCUT2D eigenvalue weighted by Crippen LogP contribution is -1.99. The molecule has 0 saturated carbocycles. The molecular weight excluding hydrogens is 260 g/mol. The van der Waals surface area contributed by atoms with Crippen LogP contribution in [0.3, 0.4) is 0 Å². The quantitative estimate of drug-likeness (QED) is 0.761. The van der Waals surface area contributed by atoms with Crippen molar-refractivity contribution in [2.24, 2.45) is 0 Å². The summed E-state index contributed by atoms with van der Waals surface area (Å²) in [4.78, 5) is 11.8. The number of hydrogen-bond donors (Lipinski definition) is 0. The fourth-order valence-corrected chi connectivity index (χ4v) is 2.29. The molecule has 2 aromatic carbocycles. The van der Waals surface area contributed by atoms with Crippen LogP contribution in [0.25, 0.3) is 11.1 Å². The fourth-order valence-electron chi connectivity index (χ4n) is 2.00. The molecule has 0 saturated heterocycles. The fraction of sp³-hybridized carbons (Fsp3) is 0.188. The zero-order valence-electron chi connectivity index (χ0n) is 10.9. The van der Waals surface area contributed by atoms with Crippen molar-refractivity contribution in [1.82, 2.24) is 0 Å². The van der Waals surface area contributed by atoms with Gasteiger partial charge in [-0.15, -0.1) is 0 Å². The number of methoxy groups -OCH3 is 1. The summed E-state index contributed by atoms with van der Waals surface area (Å²) in [6, 6.07) is 13.3. The third kappa shape index (κ3) is 2.79. The first-order valence-electron chi connectivity index (χ1n) is 6.13. The van der Waals surface area contributed by atoms with E-state index in [1.807, 2.05) is 43.3 Å². The summed E-state index contributed by atoms with van der Waals surface area (Å²) in [7, 11) is 1.58. The maximum Gasteiger partial charge on any atom is 0.162 e. The van der Waals surface area contributed by atoms with Crippen molar-refractivity contribution in [2.75, 3.05) is 7.11 Å². The summed E-state index contributed by atoms with van der Waals surface area (Å²) < 4.78 is 5.36. The smallest absolute Gasteiger partial charge is 0.162 e. The Bertz CT molecular complexity index is 591. The molecule has 98 valence electrons. The van der Waals surface area contributed by atoms with Gasteiger partial charge in [0, 0.05) is 17.5 Å². The highest BCUT2D eigenvalue weighted by molar-refractivity contribution is 6.33. The standard InChI is InChI=1S/C16H15ClO2/c1-3-15(18)12-9-13(11-7-5-4-6-8-11)16(19-2)14(17)10-12/h4-10H,3H2,1-2H3. The molecule has 0 amide bonds. The second kappa shape index (κ2) is 5.89. The number of rotatable bonds is 4. The number of ketones is 1. The monoisotopic (exact) mass is 274 g/mol. The Morgan fingerprint density at radius 2 is 1.89 bits per heavy atom. The molecule has 2 rings (SSSR count). The minimum atomic E-state index is 0.0711. The number of carbonyl (C=O) groups is 1. The van der Waals surface area contributed by atoms with Crippen molar-refractivity contribution in [3.05, 3.63) is 53.1 Å². The van der Waals surface area contributed by atoms with Gasteiger partial charge >= 0.3 is 0 Å². The van der Waals surface area contributed by atoms with E-state index in [0.29, 0.717) is 22.8 Å². The predicted molar refractivity (Wildman–Crippen MR) is 78.1 cm³/mol. The van der Waals surface area contributed by atoms with Crippen molar-refractivity contribution in [1.29, 1.82) is 0 Å². The maximum atomic E-state index is 11.8. The molecule has 0 spiro atoms. The highest BCUT2D eigenvalue weighted by Crippen LogP contribution is 2.37. The molecule has 0 radical (unpaired) electrons. The van der Waals surface area contributed by atoms with Gasteiger partial charge in [0.25, 0.3) is 0 Å². The Morgan fingerprint density at radius 3 is 2.47 bits per heavy atom. The number of hydrogen-bond acceptors (Lipinski definition) is 2. The summed E-state index contributed by atoms with van der Waals surface area (Å²) in [5.41, 5.74) is 2.44. The normalized spacial score (nSPS) is 10.3. The van der Waals surface area contributed by atoms with Crippen molar-refractivity contribution >= 4 is 17.4 Å². The van der Waals surface area contributed by atoms with Crippen molar-refractivity contribution in [3.8, 4) is 16.9 Å². The first-order chi connectivity index (χ1) is 9.17. The Balaban J connectivity index is 2.63. The molecule has 0 N–H and O–H groups in total. The molecule has 2 nitrogen and oxygen atoms in total. The molecular formula is C16H15ClO2. The predicted octanol–water partition coefficient (Wildman–Crippen LogP) is 4.61. The lowest BCUT2D eigenvalue weighted by atomic mass is 9.99. The van der Waals surface area contributed by atoms with E-state index in [2.05, 4.69) is 0 Å². The minimum absolute atomic E-state index is 0.0711. The average Bonchev–Trinajstić information content (AvgIpc) is 2.46. The second-order valence-corrected chi connectivity index (χ2v) is 4.59. The summed E-state index contributed by atoms with van der Waals surface area (Å²) in [6.45, 7) is 1.84. The van der Waals surface area contributed by atoms with E-state index in [0.717, 1.165) is 11.1 Å². The van der Waals surface area contributed by atoms with Gasteiger partial charge in [-0.3, -0.25) is 4.79 Å². The van der Waals surface area contributed by atoms with Crippen LogP contribution in [-0.2, 0) is 0 Å². The maximum absolute atomic E-state index is 11.8. The molecule has 0 aromatic heterocycles. The SMILES string of the molecule is CCC(=O)c1cc(Cl)c(OC)c(-c2ccccc2)c1. The molecule has 0 aliphatic heterocycles. The zero-order chi connectivity index (χ0) is 13.8. The molecule has 0 unspecified atom stereocenters. The van der Waals surface area contributed by atoms with Gasteiger partial charge in [0.1, 0.15) is 5.75 Å². The summed E-state index contributed by atoms with van der Waals surface area (Å²) in [5, 5.41) is 0.459. The Labute approximate surface area is 118 Å². The highest BCUT2D eigenvalue weighted by atomic mass is 35.5. The third-order valence-corrected chi connectivity index (χ3v) is 3.26. The van der Waals surface area contributed by atoms with E-state index in [4.69, 9.17) is 16.3 Å².